The van der Waals surface area contributed by atoms with E-state index in [1.54, 1.807) is 18.2 Å². The zero-order chi connectivity index (χ0) is 15.9. The normalized spacial score (nSPS) is 12.3. The van der Waals surface area contributed by atoms with Crippen molar-refractivity contribution in [3.63, 3.8) is 0 Å². The van der Waals surface area contributed by atoms with Crippen LogP contribution in [0.2, 0.25) is 0 Å². The highest BCUT2D eigenvalue weighted by molar-refractivity contribution is 5.78. The van der Waals surface area contributed by atoms with E-state index in [4.69, 9.17) is 5.11 Å². The Morgan fingerprint density at radius 2 is 2.18 bits per heavy atom. The molecule has 0 saturated heterocycles. The second-order valence-corrected chi connectivity index (χ2v) is 5.29. The van der Waals surface area contributed by atoms with Crippen molar-refractivity contribution in [2.45, 2.75) is 26.3 Å². The molecule has 1 amide bonds. The number of benzene rings is 1. The van der Waals surface area contributed by atoms with E-state index in [0.29, 0.717) is 23.9 Å². The number of rotatable bonds is 7. The van der Waals surface area contributed by atoms with Crippen LogP contribution in [-0.2, 0) is 11.3 Å². The second-order valence-electron chi connectivity index (χ2n) is 5.29. The SMILES string of the molecule is CCC(CCO)CNC(=O)Cn1cnc2ccccc2c1=O. The number of carbonyl (C=O) groups excluding carboxylic acids is 1. The van der Waals surface area contributed by atoms with Gasteiger partial charge in [-0.1, -0.05) is 25.5 Å². The van der Waals surface area contributed by atoms with Crippen LogP contribution >= 0.6 is 0 Å². The molecule has 0 spiro atoms. The minimum atomic E-state index is -0.226. The third kappa shape index (κ3) is 3.92. The molecule has 0 aliphatic rings. The van der Waals surface area contributed by atoms with Gasteiger partial charge in [-0.3, -0.25) is 14.2 Å². The van der Waals surface area contributed by atoms with Crippen molar-refractivity contribution in [3.8, 4) is 0 Å². The van der Waals surface area contributed by atoms with Crippen LogP contribution in [0.25, 0.3) is 10.9 Å². The Balaban J connectivity index is 2.03. The lowest BCUT2D eigenvalue weighted by Crippen LogP contribution is -2.35. The number of aromatic nitrogens is 2. The first-order valence-electron chi connectivity index (χ1n) is 7.47. The van der Waals surface area contributed by atoms with Gasteiger partial charge < -0.3 is 10.4 Å². The van der Waals surface area contributed by atoms with E-state index in [2.05, 4.69) is 10.3 Å². The summed E-state index contributed by atoms with van der Waals surface area (Å²) in [5.41, 5.74) is 0.404. The van der Waals surface area contributed by atoms with Crippen LogP contribution in [0.3, 0.4) is 0 Å². The molecule has 1 aromatic carbocycles. The third-order valence-electron chi connectivity index (χ3n) is 3.75. The molecule has 1 aromatic heterocycles. The highest BCUT2D eigenvalue weighted by atomic mass is 16.3. The van der Waals surface area contributed by atoms with Gasteiger partial charge in [0.25, 0.3) is 5.56 Å². The smallest absolute Gasteiger partial charge is 0.261 e. The Kier molecular flexibility index (Phi) is 5.66. The summed E-state index contributed by atoms with van der Waals surface area (Å²) in [6, 6.07) is 7.06. The van der Waals surface area contributed by atoms with Gasteiger partial charge >= 0.3 is 0 Å². The number of amides is 1. The average molecular weight is 303 g/mol. The van der Waals surface area contributed by atoms with E-state index < -0.39 is 0 Å². The number of hydrogen-bond acceptors (Lipinski definition) is 4. The van der Waals surface area contributed by atoms with Crippen molar-refractivity contribution >= 4 is 16.8 Å². The fraction of sp³-hybridized carbons (Fsp3) is 0.438. The first kappa shape index (κ1) is 16.2. The molecule has 1 heterocycles. The Morgan fingerprint density at radius 3 is 2.91 bits per heavy atom. The van der Waals surface area contributed by atoms with Crippen LogP contribution in [0.15, 0.2) is 35.4 Å². The number of carbonyl (C=O) groups is 1. The van der Waals surface area contributed by atoms with Crippen LogP contribution in [0.4, 0.5) is 0 Å². The van der Waals surface area contributed by atoms with Crippen LogP contribution < -0.4 is 10.9 Å². The van der Waals surface area contributed by atoms with E-state index >= 15 is 0 Å². The highest BCUT2D eigenvalue weighted by Crippen LogP contribution is 2.06. The molecule has 1 unspecified atom stereocenters. The first-order valence-corrected chi connectivity index (χ1v) is 7.47. The number of nitrogens with zero attached hydrogens (tertiary/aromatic N) is 2. The van der Waals surface area contributed by atoms with Crippen LogP contribution in [-0.4, -0.2) is 33.7 Å². The van der Waals surface area contributed by atoms with Crippen molar-refractivity contribution in [2.75, 3.05) is 13.2 Å². The Labute approximate surface area is 128 Å². The van der Waals surface area contributed by atoms with E-state index in [0.717, 1.165) is 6.42 Å². The van der Waals surface area contributed by atoms with Crippen molar-refractivity contribution < 1.29 is 9.90 Å². The van der Waals surface area contributed by atoms with Crippen molar-refractivity contribution in [1.29, 1.82) is 0 Å². The summed E-state index contributed by atoms with van der Waals surface area (Å²) in [5.74, 6) is 0.0240. The number of para-hydroxylation sites is 1. The monoisotopic (exact) mass is 303 g/mol. The summed E-state index contributed by atoms with van der Waals surface area (Å²) >= 11 is 0. The summed E-state index contributed by atoms with van der Waals surface area (Å²) in [6.45, 7) is 2.59. The molecule has 1 atom stereocenters. The van der Waals surface area contributed by atoms with Gasteiger partial charge in [0.05, 0.1) is 17.2 Å². The molecule has 0 aliphatic carbocycles. The molecule has 0 saturated carbocycles. The number of aliphatic hydroxyl groups excluding tert-OH is 1. The maximum absolute atomic E-state index is 12.3. The minimum absolute atomic E-state index is 0.0494. The standard InChI is InChI=1S/C16H21N3O3/c1-2-12(7-8-20)9-17-15(21)10-19-11-18-14-6-4-3-5-13(14)16(19)22/h3-6,11-12,20H,2,7-10H2,1H3,(H,17,21). The number of fused-ring (bicyclic) bond motifs is 1. The topological polar surface area (TPSA) is 84.2 Å². The third-order valence-corrected chi connectivity index (χ3v) is 3.75. The molecule has 0 bridgehead atoms. The molecule has 6 nitrogen and oxygen atoms in total. The lowest BCUT2D eigenvalue weighted by molar-refractivity contribution is -0.121. The number of hydrogen-bond donors (Lipinski definition) is 2. The summed E-state index contributed by atoms with van der Waals surface area (Å²) in [4.78, 5) is 28.4. The number of nitrogens with one attached hydrogen (secondary N) is 1. The number of aliphatic hydroxyl groups is 1. The molecule has 22 heavy (non-hydrogen) atoms. The first-order chi connectivity index (χ1) is 10.7. The largest absolute Gasteiger partial charge is 0.396 e. The van der Waals surface area contributed by atoms with Crippen molar-refractivity contribution in [3.05, 3.63) is 40.9 Å². The highest BCUT2D eigenvalue weighted by Gasteiger charge is 2.10. The molecular formula is C16H21N3O3. The molecule has 6 heteroatoms. The van der Waals surface area contributed by atoms with Gasteiger partial charge in [-0.05, 0) is 24.5 Å². The van der Waals surface area contributed by atoms with Gasteiger partial charge in [0.2, 0.25) is 5.91 Å². The van der Waals surface area contributed by atoms with Gasteiger partial charge in [-0.15, -0.1) is 0 Å². The lowest BCUT2D eigenvalue weighted by Gasteiger charge is -2.14. The molecular weight excluding hydrogens is 282 g/mol. The minimum Gasteiger partial charge on any atom is -0.396 e. The van der Waals surface area contributed by atoms with E-state index in [1.807, 2.05) is 13.0 Å². The van der Waals surface area contributed by atoms with Crippen LogP contribution in [0.1, 0.15) is 19.8 Å². The fourth-order valence-corrected chi connectivity index (χ4v) is 2.32. The summed E-state index contributed by atoms with van der Waals surface area (Å²) in [7, 11) is 0. The Bertz CT molecular complexity index is 696. The molecule has 2 N–H and O–H groups in total. The molecule has 118 valence electrons. The van der Waals surface area contributed by atoms with E-state index in [1.165, 1.54) is 10.9 Å². The summed E-state index contributed by atoms with van der Waals surface area (Å²) in [5, 5.41) is 12.2. The van der Waals surface area contributed by atoms with Gasteiger partial charge in [0.15, 0.2) is 0 Å². The van der Waals surface area contributed by atoms with E-state index in [9.17, 15) is 9.59 Å². The summed E-state index contributed by atoms with van der Waals surface area (Å²) < 4.78 is 1.31. The zero-order valence-corrected chi connectivity index (χ0v) is 12.7. The lowest BCUT2D eigenvalue weighted by atomic mass is 10.0. The van der Waals surface area contributed by atoms with Crippen LogP contribution in [0.5, 0.6) is 0 Å². The van der Waals surface area contributed by atoms with Crippen molar-refractivity contribution in [1.82, 2.24) is 14.9 Å². The molecule has 0 fully saturated rings. The molecule has 0 radical (unpaired) electrons. The Morgan fingerprint density at radius 1 is 1.41 bits per heavy atom. The predicted molar refractivity (Wildman–Crippen MR) is 84.5 cm³/mol. The molecule has 0 aliphatic heterocycles. The zero-order valence-electron chi connectivity index (χ0n) is 12.7. The average Bonchev–Trinajstić information content (AvgIpc) is 2.54. The quantitative estimate of drug-likeness (QED) is 0.796. The Hall–Kier alpha value is -2.21. The second kappa shape index (κ2) is 7.70. The van der Waals surface area contributed by atoms with Gasteiger partial charge in [0.1, 0.15) is 6.54 Å². The fourth-order valence-electron chi connectivity index (χ4n) is 2.32. The molecule has 2 rings (SSSR count). The maximum atomic E-state index is 12.3. The predicted octanol–water partition coefficient (Wildman–Crippen LogP) is 0.921. The van der Waals surface area contributed by atoms with Gasteiger partial charge in [0, 0.05) is 13.2 Å². The van der Waals surface area contributed by atoms with Crippen molar-refractivity contribution in [2.24, 2.45) is 5.92 Å². The van der Waals surface area contributed by atoms with Crippen LogP contribution in [0, 0.1) is 5.92 Å². The van der Waals surface area contributed by atoms with Gasteiger partial charge in [-0.25, -0.2) is 4.98 Å². The van der Waals surface area contributed by atoms with E-state index in [-0.39, 0.29) is 30.5 Å². The maximum Gasteiger partial charge on any atom is 0.261 e. The van der Waals surface area contributed by atoms with Gasteiger partial charge in [-0.2, -0.15) is 0 Å². The molecule has 2 aromatic rings. The summed E-state index contributed by atoms with van der Waals surface area (Å²) in [6.07, 6.45) is 2.95.